The molecule has 0 saturated heterocycles. The maximum Gasteiger partial charge on any atom is 0.293 e. The van der Waals surface area contributed by atoms with Crippen LogP contribution in [0.25, 0.3) is 11.1 Å². The number of ether oxygens (including phenoxy) is 2. The average molecular weight is 342 g/mol. The molecule has 0 aliphatic carbocycles. The standard InChI is InChI=1S/C17H18O4.C4H8/c1-13-2-5-16(10-17(13)21-9-8-20-12-19)15-6-3-14(11-18)4-7-15;1-4(2)3/h2-7,10,12,18H,8-9,11H2,1H3;1H2,2-3H3. The Morgan fingerprint density at radius 1 is 1.08 bits per heavy atom. The molecule has 134 valence electrons. The Morgan fingerprint density at radius 3 is 2.24 bits per heavy atom. The molecule has 25 heavy (non-hydrogen) atoms. The Morgan fingerprint density at radius 2 is 1.68 bits per heavy atom. The van der Waals surface area contributed by atoms with E-state index in [0.29, 0.717) is 13.1 Å². The van der Waals surface area contributed by atoms with Crippen molar-refractivity contribution in [2.24, 2.45) is 0 Å². The van der Waals surface area contributed by atoms with Gasteiger partial charge in [0.1, 0.15) is 19.0 Å². The van der Waals surface area contributed by atoms with E-state index >= 15 is 0 Å². The first-order valence-corrected chi connectivity index (χ1v) is 8.09. The van der Waals surface area contributed by atoms with E-state index in [4.69, 9.17) is 9.84 Å². The number of rotatable bonds is 7. The molecule has 0 fully saturated rings. The highest BCUT2D eigenvalue weighted by atomic mass is 16.5. The second-order valence-electron chi connectivity index (χ2n) is 5.86. The Kier molecular flexibility index (Phi) is 9.04. The third-order valence-electron chi connectivity index (χ3n) is 3.18. The van der Waals surface area contributed by atoms with Gasteiger partial charge in [0, 0.05) is 0 Å². The van der Waals surface area contributed by atoms with Crippen LogP contribution in [0.15, 0.2) is 54.6 Å². The Labute approximate surface area is 149 Å². The van der Waals surface area contributed by atoms with Gasteiger partial charge in [0.15, 0.2) is 0 Å². The van der Waals surface area contributed by atoms with Crippen LogP contribution in [0.1, 0.15) is 25.0 Å². The van der Waals surface area contributed by atoms with Crippen LogP contribution in [0, 0.1) is 6.92 Å². The summed E-state index contributed by atoms with van der Waals surface area (Å²) in [5.74, 6) is 0.772. The van der Waals surface area contributed by atoms with Gasteiger partial charge in [-0.1, -0.05) is 42.0 Å². The summed E-state index contributed by atoms with van der Waals surface area (Å²) in [7, 11) is 0. The van der Waals surface area contributed by atoms with Crippen LogP contribution in [0.3, 0.4) is 0 Å². The smallest absolute Gasteiger partial charge is 0.293 e. The van der Waals surface area contributed by atoms with Crippen LogP contribution in [0.4, 0.5) is 0 Å². The topological polar surface area (TPSA) is 55.8 Å². The van der Waals surface area contributed by atoms with E-state index in [0.717, 1.165) is 28.0 Å². The van der Waals surface area contributed by atoms with E-state index in [9.17, 15) is 4.79 Å². The van der Waals surface area contributed by atoms with Crippen molar-refractivity contribution in [1.29, 1.82) is 0 Å². The van der Waals surface area contributed by atoms with E-state index in [1.54, 1.807) is 0 Å². The van der Waals surface area contributed by atoms with Crippen LogP contribution >= 0.6 is 0 Å². The first-order chi connectivity index (χ1) is 12.0. The quantitative estimate of drug-likeness (QED) is 0.463. The van der Waals surface area contributed by atoms with Crippen molar-refractivity contribution in [2.45, 2.75) is 27.4 Å². The lowest BCUT2D eigenvalue weighted by Gasteiger charge is -2.11. The zero-order valence-electron chi connectivity index (χ0n) is 15.1. The molecule has 0 aliphatic heterocycles. The van der Waals surface area contributed by atoms with E-state index in [2.05, 4.69) is 11.3 Å². The molecule has 4 heteroatoms. The first kappa shape index (κ1) is 20.5. The fourth-order valence-electron chi connectivity index (χ4n) is 1.99. The fraction of sp³-hybridized carbons (Fsp3) is 0.286. The van der Waals surface area contributed by atoms with Crippen molar-refractivity contribution < 1.29 is 19.4 Å². The third kappa shape index (κ3) is 7.68. The molecule has 0 bridgehead atoms. The van der Waals surface area contributed by atoms with Gasteiger partial charge in [0.2, 0.25) is 0 Å². The number of benzene rings is 2. The number of aryl methyl sites for hydroxylation is 1. The molecule has 0 unspecified atom stereocenters. The van der Waals surface area contributed by atoms with E-state index in [1.165, 1.54) is 5.57 Å². The summed E-state index contributed by atoms with van der Waals surface area (Å²) in [5, 5.41) is 9.06. The van der Waals surface area contributed by atoms with Crippen molar-refractivity contribution in [1.82, 2.24) is 0 Å². The zero-order valence-corrected chi connectivity index (χ0v) is 15.1. The van der Waals surface area contributed by atoms with Crippen molar-refractivity contribution in [3.05, 3.63) is 65.7 Å². The number of hydrogen-bond acceptors (Lipinski definition) is 4. The molecule has 2 rings (SSSR count). The normalized spacial score (nSPS) is 9.60. The Balaban J connectivity index is 0.000000705. The van der Waals surface area contributed by atoms with Crippen LogP contribution in [-0.2, 0) is 16.1 Å². The average Bonchev–Trinajstić information content (AvgIpc) is 2.60. The maximum absolute atomic E-state index is 10.1. The van der Waals surface area contributed by atoms with Gasteiger partial charge in [-0.15, -0.1) is 6.58 Å². The van der Waals surface area contributed by atoms with Gasteiger partial charge in [-0.25, -0.2) is 0 Å². The van der Waals surface area contributed by atoms with Crippen LogP contribution < -0.4 is 4.74 Å². The predicted molar refractivity (Wildman–Crippen MR) is 101 cm³/mol. The van der Waals surface area contributed by atoms with Crippen molar-refractivity contribution in [2.75, 3.05) is 13.2 Å². The van der Waals surface area contributed by atoms with E-state index < -0.39 is 0 Å². The largest absolute Gasteiger partial charge is 0.490 e. The summed E-state index contributed by atoms with van der Waals surface area (Å²) in [4.78, 5) is 10.1. The lowest BCUT2D eigenvalue weighted by molar-refractivity contribution is -0.129. The van der Waals surface area contributed by atoms with Gasteiger partial charge in [-0.05, 0) is 49.1 Å². The lowest BCUT2D eigenvalue weighted by Crippen LogP contribution is -2.06. The molecule has 0 aromatic heterocycles. The van der Waals surface area contributed by atoms with Crippen LogP contribution in [-0.4, -0.2) is 24.8 Å². The monoisotopic (exact) mass is 342 g/mol. The van der Waals surface area contributed by atoms with Crippen LogP contribution in [0.2, 0.25) is 0 Å². The minimum atomic E-state index is 0.0409. The summed E-state index contributed by atoms with van der Waals surface area (Å²) in [5.41, 5.74) is 5.17. The van der Waals surface area contributed by atoms with Gasteiger partial charge >= 0.3 is 0 Å². The molecule has 2 aromatic carbocycles. The highest BCUT2D eigenvalue weighted by Crippen LogP contribution is 2.27. The van der Waals surface area contributed by atoms with Gasteiger partial charge < -0.3 is 14.6 Å². The maximum atomic E-state index is 10.1. The Bertz CT molecular complexity index is 671. The van der Waals surface area contributed by atoms with E-state index in [-0.39, 0.29) is 13.2 Å². The Hall–Kier alpha value is -2.59. The number of aliphatic hydroxyl groups excluding tert-OH is 1. The number of allylic oxidation sites excluding steroid dienone is 1. The summed E-state index contributed by atoms with van der Waals surface area (Å²) in [6, 6.07) is 13.7. The molecule has 0 aliphatic rings. The summed E-state index contributed by atoms with van der Waals surface area (Å²) < 4.78 is 10.2. The van der Waals surface area contributed by atoms with Gasteiger partial charge in [-0.2, -0.15) is 0 Å². The molecule has 0 radical (unpaired) electrons. The number of aliphatic hydroxyl groups is 1. The number of carbonyl (C=O) groups is 1. The predicted octanol–water partition coefficient (Wildman–Crippen LogP) is 4.29. The first-order valence-electron chi connectivity index (χ1n) is 8.09. The molecule has 0 heterocycles. The highest BCUT2D eigenvalue weighted by molar-refractivity contribution is 5.66. The van der Waals surface area contributed by atoms with Crippen molar-refractivity contribution in [3.63, 3.8) is 0 Å². The second kappa shape index (κ2) is 11.0. The minimum Gasteiger partial charge on any atom is -0.490 e. The number of hydrogen-bond donors (Lipinski definition) is 1. The lowest BCUT2D eigenvalue weighted by atomic mass is 10.0. The van der Waals surface area contributed by atoms with Crippen LogP contribution in [0.5, 0.6) is 5.75 Å². The second-order valence-corrected chi connectivity index (χ2v) is 5.86. The van der Waals surface area contributed by atoms with E-state index in [1.807, 2.05) is 63.2 Å². The van der Waals surface area contributed by atoms with Crippen molar-refractivity contribution >= 4 is 6.47 Å². The number of carbonyl (C=O) groups excluding carboxylic acids is 1. The molecule has 0 spiro atoms. The molecule has 1 N–H and O–H groups in total. The minimum absolute atomic E-state index is 0.0409. The molecular formula is C21H26O4. The van der Waals surface area contributed by atoms with Crippen molar-refractivity contribution in [3.8, 4) is 16.9 Å². The fourth-order valence-corrected chi connectivity index (χ4v) is 1.99. The summed E-state index contributed by atoms with van der Waals surface area (Å²) >= 11 is 0. The molecule has 2 aromatic rings. The zero-order chi connectivity index (χ0) is 18.7. The van der Waals surface area contributed by atoms with Gasteiger partial charge in [0.05, 0.1) is 6.61 Å². The molecule has 4 nitrogen and oxygen atoms in total. The summed E-state index contributed by atoms with van der Waals surface area (Å²) in [6.45, 7) is 10.5. The van der Waals surface area contributed by atoms with Gasteiger partial charge in [0.25, 0.3) is 6.47 Å². The SMILES string of the molecule is C=C(C)C.Cc1ccc(-c2ccc(CO)cc2)cc1OCCOC=O. The molecule has 0 atom stereocenters. The summed E-state index contributed by atoms with van der Waals surface area (Å²) in [6.07, 6.45) is 0. The molecule has 0 saturated carbocycles. The highest BCUT2D eigenvalue weighted by Gasteiger charge is 2.04. The molecular weight excluding hydrogens is 316 g/mol. The van der Waals surface area contributed by atoms with Gasteiger partial charge in [-0.3, -0.25) is 4.79 Å². The third-order valence-corrected chi connectivity index (χ3v) is 3.18. The molecule has 0 amide bonds.